The van der Waals surface area contributed by atoms with E-state index in [-0.39, 0.29) is 17.4 Å². The molecular weight excluding hydrogens is 354 g/mol. The molecule has 1 aromatic heterocycles. The van der Waals surface area contributed by atoms with Gasteiger partial charge < -0.3 is 19.5 Å². The number of nitrogens with one attached hydrogen (secondary N) is 1. The number of amides is 1. The van der Waals surface area contributed by atoms with E-state index >= 15 is 0 Å². The molecule has 1 aromatic carbocycles. The van der Waals surface area contributed by atoms with Crippen LogP contribution in [0.15, 0.2) is 34.9 Å². The molecule has 0 spiro atoms. The number of carbonyl (C=O) groups excluding carboxylic acids is 1. The average molecular weight is 381 g/mol. The summed E-state index contributed by atoms with van der Waals surface area (Å²) in [6.07, 6.45) is 5.88. The molecule has 2 saturated heterocycles. The van der Waals surface area contributed by atoms with Crippen molar-refractivity contribution >= 4 is 5.91 Å². The molecule has 1 amide bonds. The van der Waals surface area contributed by atoms with Crippen LogP contribution in [0, 0.1) is 5.41 Å². The van der Waals surface area contributed by atoms with Crippen LogP contribution in [0.5, 0.6) is 5.75 Å². The third-order valence-corrected chi connectivity index (χ3v) is 7.06. The molecule has 28 heavy (non-hydrogen) atoms. The van der Waals surface area contributed by atoms with Gasteiger partial charge in [-0.05, 0) is 43.5 Å². The van der Waals surface area contributed by atoms with Crippen LogP contribution in [0.3, 0.4) is 0 Å². The van der Waals surface area contributed by atoms with Crippen LogP contribution in [0.2, 0.25) is 0 Å². The number of rotatable bonds is 3. The van der Waals surface area contributed by atoms with Crippen LogP contribution in [0.4, 0.5) is 0 Å². The highest BCUT2D eigenvalue weighted by Crippen LogP contribution is 2.49. The predicted molar refractivity (Wildman–Crippen MR) is 105 cm³/mol. The Labute approximate surface area is 165 Å². The number of nitrogens with zero attached hydrogens (tertiary/aromatic N) is 2. The van der Waals surface area contributed by atoms with E-state index in [0.717, 1.165) is 24.3 Å². The highest BCUT2D eigenvalue weighted by molar-refractivity contribution is 5.93. The zero-order valence-corrected chi connectivity index (χ0v) is 16.5. The number of hydrogen-bond donors (Lipinski definition) is 1. The maximum Gasteiger partial charge on any atom is 0.292 e. The molecule has 4 atom stereocenters. The van der Waals surface area contributed by atoms with E-state index in [1.54, 1.807) is 13.2 Å². The molecule has 2 bridgehead atoms. The Bertz CT molecular complexity index is 877. The summed E-state index contributed by atoms with van der Waals surface area (Å²) in [7, 11) is 1.64. The molecule has 0 radical (unpaired) electrons. The Morgan fingerprint density at radius 1 is 1.29 bits per heavy atom. The second-order valence-corrected chi connectivity index (χ2v) is 8.69. The third-order valence-electron chi connectivity index (χ3n) is 7.06. The van der Waals surface area contributed by atoms with E-state index in [0.29, 0.717) is 23.5 Å². The van der Waals surface area contributed by atoms with Crippen molar-refractivity contribution in [2.24, 2.45) is 5.41 Å². The first kappa shape index (κ1) is 17.7. The lowest BCUT2D eigenvalue weighted by molar-refractivity contribution is 0.0252. The van der Waals surface area contributed by atoms with Gasteiger partial charge in [-0.1, -0.05) is 24.9 Å². The summed E-state index contributed by atoms with van der Waals surface area (Å²) in [6.45, 7) is 3.12. The van der Waals surface area contributed by atoms with Crippen LogP contribution in [0.1, 0.15) is 49.6 Å². The Balaban J connectivity index is 1.41. The van der Waals surface area contributed by atoms with Crippen molar-refractivity contribution in [2.45, 2.75) is 57.2 Å². The van der Waals surface area contributed by atoms with E-state index in [4.69, 9.17) is 9.26 Å². The SMILES string of the molecule is COc1ccc(-c2cc(C(=O)N3C[C@@H]4C[C@@]5(C)[C@H](CCCC[C@@H]35)N4)on2)cc1. The smallest absolute Gasteiger partial charge is 0.292 e. The maximum atomic E-state index is 13.4. The zero-order chi connectivity index (χ0) is 19.3. The molecule has 1 aliphatic carbocycles. The van der Waals surface area contributed by atoms with Gasteiger partial charge in [-0.25, -0.2) is 0 Å². The number of carbonyl (C=O) groups is 1. The number of ether oxygens (including phenoxy) is 1. The van der Waals surface area contributed by atoms with E-state index in [9.17, 15) is 4.79 Å². The van der Waals surface area contributed by atoms with Crippen LogP contribution >= 0.6 is 0 Å². The summed E-state index contributed by atoms with van der Waals surface area (Å²) in [5, 5.41) is 7.94. The highest BCUT2D eigenvalue weighted by atomic mass is 16.5. The average Bonchev–Trinajstić information content (AvgIpc) is 3.26. The van der Waals surface area contributed by atoms with Crippen molar-refractivity contribution in [2.75, 3.05) is 13.7 Å². The fraction of sp³-hybridized carbons (Fsp3) is 0.545. The second-order valence-electron chi connectivity index (χ2n) is 8.69. The normalized spacial score (nSPS) is 31.5. The number of piperidine rings is 1. The van der Waals surface area contributed by atoms with Crippen LogP contribution in [-0.4, -0.2) is 47.7 Å². The minimum Gasteiger partial charge on any atom is -0.497 e. The quantitative estimate of drug-likeness (QED) is 0.882. The Kier molecular flexibility index (Phi) is 4.19. The van der Waals surface area contributed by atoms with Gasteiger partial charge in [-0.2, -0.15) is 0 Å². The number of benzene rings is 1. The lowest BCUT2D eigenvalue weighted by Gasteiger charge is -2.46. The predicted octanol–water partition coefficient (Wildman–Crippen LogP) is 3.49. The Morgan fingerprint density at radius 2 is 2.07 bits per heavy atom. The standard InChI is InChI=1S/C22H27N3O3/c1-22-12-15-13-25(20(22)6-4-3-5-19(22)23-15)21(26)18-11-17(24-28-18)14-7-9-16(27-2)10-8-14/h7-11,15,19-20,23H,3-6,12-13H2,1-2H3/t15-,19-,20+,22-/m0/s1. The van der Waals surface area contributed by atoms with Crippen molar-refractivity contribution in [1.29, 1.82) is 0 Å². The van der Waals surface area contributed by atoms with Gasteiger partial charge in [0, 0.05) is 41.7 Å². The van der Waals surface area contributed by atoms with E-state index in [2.05, 4.69) is 22.3 Å². The molecule has 3 heterocycles. The third kappa shape index (κ3) is 2.73. The van der Waals surface area contributed by atoms with Gasteiger partial charge in [0.05, 0.1) is 7.11 Å². The van der Waals surface area contributed by atoms with E-state index in [1.807, 2.05) is 24.3 Å². The van der Waals surface area contributed by atoms with E-state index < -0.39 is 0 Å². The summed E-state index contributed by atoms with van der Waals surface area (Å²) in [6, 6.07) is 10.6. The van der Waals surface area contributed by atoms with Crippen molar-refractivity contribution in [1.82, 2.24) is 15.4 Å². The molecule has 6 heteroatoms. The summed E-state index contributed by atoms with van der Waals surface area (Å²) < 4.78 is 10.7. The molecule has 1 N–H and O–H groups in total. The van der Waals surface area contributed by atoms with Crippen LogP contribution in [-0.2, 0) is 0 Å². The van der Waals surface area contributed by atoms with E-state index in [1.165, 1.54) is 25.7 Å². The molecule has 5 rings (SSSR count). The molecule has 3 fully saturated rings. The lowest BCUT2D eigenvalue weighted by atomic mass is 9.71. The summed E-state index contributed by atoms with van der Waals surface area (Å²) >= 11 is 0. The van der Waals surface area contributed by atoms with Gasteiger partial charge in [-0.15, -0.1) is 0 Å². The van der Waals surface area contributed by atoms with Crippen molar-refractivity contribution in [3.8, 4) is 17.0 Å². The van der Waals surface area contributed by atoms with Crippen LogP contribution < -0.4 is 10.1 Å². The fourth-order valence-corrected chi connectivity index (χ4v) is 5.64. The minimum absolute atomic E-state index is 0.0301. The molecular formula is C22H27N3O3. The summed E-state index contributed by atoms with van der Waals surface area (Å²) in [5.41, 5.74) is 1.74. The Morgan fingerprint density at radius 3 is 2.86 bits per heavy atom. The van der Waals surface area contributed by atoms with Gasteiger partial charge in [0.25, 0.3) is 5.91 Å². The topological polar surface area (TPSA) is 67.6 Å². The number of likely N-dealkylation sites (tertiary alicyclic amines) is 1. The summed E-state index contributed by atoms with van der Waals surface area (Å²) in [4.78, 5) is 15.4. The number of aromatic nitrogens is 1. The van der Waals surface area contributed by atoms with Gasteiger partial charge in [0.2, 0.25) is 5.76 Å². The molecule has 3 aliphatic rings. The van der Waals surface area contributed by atoms with Crippen LogP contribution in [0.25, 0.3) is 11.3 Å². The van der Waals surface area contributed by atoms with Gasteiger partial charge in [0.1, 0.15) is 11.4 Å². The Hall–Kier alpha value is -2.34. The maximum absolute atomic E-state index is 13.4. The first-order valence-electron chi connectivity index (χ1n) is 10.3. The molecule has 0 unspecified atom stereocenters. The first-order valence-corrected chi connectivity index (χ1v) is 10.3. The fourth-order valence-electron chi connectivity index (χ4n) is 5.64. The lowest BCUT2D eigenvalue weighted by Crippen LogP contribution is -2.55. The molecule has 6 nitrogen and oxygen atoms in total. The zero-order valence-electron chi connectivity index (χ0n) is 16.5. The highest BCUT2D eigenvalue weighted by Gasteiger charge is 2.56. The van der Waals surface area contributed by atoms with Gasteiger partial charge in [-0.3, -0.25) is 4.79 Å². The molecule has 148 valence electrons. The van der Waals surface area contributed by atoms with Gasteiger partial charge in [0.15, 0.2) is 0 Å². The van der Waals surface area contributed by atoms with Gasteiger partial charge >= 0.3 is 0 Å². The van der Waals surface area contributed by atoms with Crippen molar-refractivity contribution < 1.29 is 14.1 Å². The molecule has 2 aliphatic heterocycles. The minimum atomic E-state index is -0.0301. The number of methoxy groups -OCH3 is 1. The number of fused-ring (bicyclic) bond motifs is 1. The first-order chi connectivity index (χ1) is 13.6. The summed E-state index contributed by atoms with van der Waals surface area (Å²) in [5.74, 6) is 1.09. The molecule has 1 saturated carbocycles. The van der Waals surface area contributed by atoms with Crippen molar-refractivity contribution in [3.63, 3.8) is 0 Å². The number of hydrogen-bond acceptors (Lipinski definition) is 5. The molecule has 2 aromatic rings. The monoisotopic (exact) mass is 381 g/mol. The van der Waals surface area contributed by atoms with Crippen molar-refractivity contribution in [3.05, 3.63) is 36.1 Å². The largest absolute Gasteiger partial charge is 0.497 e. The second kappa shape index (κ2) is 6.62.